The highest BCUT2D eigenvalue weighted by molar-refractivity contribution is 5.76. The highest BCUT2D eigenvalue weighted by atomic mass is 16.7. The first kappa shape index (κ1) is 87.4. The fraction of sp³-hybridized carbons (Fsp3) is 0.915. The second-order valence-electron chi connectivity index (χ2n) is 28.6. The number of ether oxygens (including phenoxy) is 2. The van der Waals surface area contributed by atoms with Gasteiger partial charge in [0, 0.05) is 6.42 Å². The smallest absolute Gasteiger partial charge is 0.220 e. The van der Waals surface area contributed by atoms with Crippen LogP contribution < -0.4 is 5.32 Å². The molecule has 0 saturated carbocycles. The molecule has 7 unspecified atom stereocenters. The third-order valence-electron chi connectivity index (χ3n) is 19.7. The van der Waals surface area contributed by atoms with Crippen LogP contribution in [0.5, 0.6) is 0 Å². The molecule has 1 aliphatic heterocycles. The lowest BCUT2D eigenvalue weighted by molar-refractivity contribution is -0.302. The molecule has 1 heterocycles. The van der Waals surface area contributed by atoms with Crippen LogP contribution in [0.1, 0.15) is 425 Å². The van der Waals surface area contributed by atoms with Crippen molar-refractivity contribution in [3.63, 3.8) is 0 Å². The Balaban J connectivity index is 2.07. The van der Waals surface area contributed by atoms with E-state index in [4.69, 9.17) is 9.47 Å². The molecule has 0 aromatic heterocycles. The van der Waals surface area contributed by atoms with Crippen LogP contribution in [-0.4, -0.2) is 87.5 Å². The lowest BCUT2D eigenvalue weighted by atomic mass is 9.99. The van der Waals surface area contributed by atoms with Crippen LogP contribution in [0.4, 0.5) is 0 Å². The summed E-state index contributed by atoms with van der Waals surface area (Å²) in [7, 11) is 0. The highest BCUT2D eigenvalue weighted by Crippen LogP contribution is 2.24. The van der Waals surface area contributed by atoms with Gasteiger partial charge in [0.15, 0.2) is 6.29 Å². The summed E-state index contributed by atoms with van der Waals surface area (Å²) in [6, 6.07) is -0.829. The number of nitrogens with one attached hydrogen (secondary N) is 1. The Labute approximate surface area is 565 Å². The molecule has 1 amide bonds. The Morgan fingerprint density at radius 3 is 0.923 bits per heavy atom. The summed E-state index contributed by atoms with van der Waals surface area (Å²) < 4.78 is 11.3. The zero-order valence-electron chi connectivity index (χ0n) is 60.6. The van der Waals surface area contributed by atoms with Gasteiger partial charge in [-0.05, 0) is 44.9 Å². The van der Waals surface area contributed by atoms with E-state index in [1.54, 1.807) is 6.08 Å². The fourth-order valence-electron chi connectivity index (χ4n) is 13.4. The maximum absolute atomic E-state index is 13.2. The van der Waals surface area contributed by atoms with Crippen molar-refractivity contribution in [1.29, 1.82) is 0 Å². The topological polar surface area (TPSA) is 149 Å². The number of aliphatic hydroxyl groups is 5. The first-order valence-electron chi connectivity index (χ1n) is 40.7. The Morgan fingerprint density at radius 2 is 0.626 bits per heavy atom. The van der Waals surface area contributed by atoms with Gasteiger partial charge in [0.1, 0.15) is 24.4 Å². The zero-order valence-corrected chi connectivity index (χ0v) is 60.6. The average molecular weight is 1290 g/mol. The molecule has 1 fully saturated rings. The van der Waals surface area contributed by atoms with E-state index < -0.39 is 49.5 Å². The third kappa shape index (κ3) is 59.4. The van der Waals surface area contributed by atoms with Crippen LogP contribution in [-0.2, 0) is 14.3 Å². The van der Waals surface area contributed by atoms with Crippen molar-refractivity contribution in [2.45, 2.75) is 468 Å². The van der Waals surface area contributed by atoms with Crippen molar-refractivity contribution in [1.82, 2.24) is 5.32 Å². The fourth-order valence-corrected chi connectivity index (χ4v) is 13.4. The second-order valence-corrected chi connectivity index (χ2v) is 28.6. The minimum absolute atomic E-state index is 0.181. The van der Waals surface area contributed by atoms with Gasteiger partial charge in [0.2, 0.25) is 5.91 Å². The number of unbranched alkanes of at least 4 members (excludes halogenated alkanes) is 59. The van der Waals surface area contributed by atoms with E-state index in [1.807, 2.05) is 6.08 Å². The summed E-state index contributed by atoms with van der Waals surface area (Å²) in [5.41, 5.74) is 0. The van der Waals surface area contributed by atoms with Crippen molar-refractivity contribution < 1.29 is 39.8 Å². The second kappa shape index (κ2) is 71.2. The van der Waals surface area contributed by atoms with Gasteiger partial charge in [-0.25, -0.2) is 0 Å². The number of hydrogen-bond acceptors (Lipinski definition) is 8. The van der Waals surface area contributed by atoms with E-state index >= 15 is 0 Å². The molecule has 91 heavy (non-hydrogen) atoms. The molecule has 1 saturated heterocycles. The van der Waals surface area contributed by atoms with E-state index in [1.165, 1.54) is 360 Å². The van der Waals surface area contributed by atoms with Crippen LogP contribution in [0.25, 0.3) is 0 Å². The number of allylic oxidation sites excluding steroid dienone is 5. The van der Waals surface area contributed by atoms with Gasteiger partial charge in [0.05, 0.1) is 25.4 Å². The van der Waals surface area contributed by atoms with Gasteiger partial charge in [-0.2, -0.15) is 0 Å². The molecule has 0 radical (unpaired) electrons. The molecule has 0 aromatic rings. The van der Waals surface area contributed by atoms with E-state index in [-0.39, 0.29) is 12.5 Å². The normalized spacial score (nSPS) is 17.8. The van der Waals surface area contributed by atoms with E-state index in [2.05, 4.69) is 43.5 Å². The predicted molar refractivity (Wildman–Crippen MR) is 392 cm³/mol. The summed E-state index contributed by atoms with van der Waals surface area (Å²) >= 11 is 0. The van der Waals surface area contributed by atoms with E-state index in [0.717, 1.165) is 44.9 Å². The molecule has 6 N–H and O–H groups in total. The summed E-state index contributed by atoms with van der Waals surface area (Å²) in [5.74, 6) is -0.181. The van der Waals surface area contributed by atoms with E-state index in [9.17, 15) is 30.3 Å². The van der Waals surface area contributed by atoms with Gasteiger partial charge in [0.25, 0.3) is 0 Å². The molecule has 1 aliphatic rings. The van der Waals surface area contributed by atoms with Crippen LogP contribution in [0, 0.1) is 0 Å². The zero-order chi connectivity index (χ0) is 65.7. The lowest BCUT2D eigenvalue weighted by Gasteiger charge is -2.40. The monoisotopic (exact) mass is 1280 g/mol. The molecule has 9 nitrogen and oxygen atoms in total. The first-order valence-corrected chi connectivity index (χ1v) is 40.7. The van der Waals surface area contributed by atoms with Gasteiger partial charge in [-0.15, -0.1) is 0 Å². The molecule has 0 aromatic carbocycles. The molecule has 0 aliphatic carbocycles. The standard InChI is InChI=1S/C82H157NO8/c1-3-5-7-9-11-13-15-17-19-21-23-25-27-29-31-33-35-36-37-38-39-40-42-44-46-48-50-52-54-56-58-60-62-64-66-68-70-72-78(86)83-75(74-90-82-81(89)80(88)79(87)77(73-84)91-82)76(85)71-69-67-65-63-61-59-57-55-53-51-49-47-45-43-41-34-32-30-28-26-24-22-20-18-16-14-12-10-8-6-4-2/h53,55,61,63,69,71,75-77,79-82,84-85,87-89H,3-52,54,56-60,62,64-68,70,72-74H2,1-2H3,(H,83,86)/b55-53+,63-61+,71-69+. The number of carbonyl (C=O) groups is 1. The molecule has 1 rings (SSSR count). The van der Waals surface area contributed by atoms with Crippen molar-refractivity contribution in [3.8, 4) is 0 Å². The van der Waals surface area contributed by atoms with Crippen molar-refractivity contribution in [2.75, 3.05) is 13.2 Å². The largest absolute Gasteiger partial charge is 0.394 e. The summed E-state index contributed by atoms with van der Waals surface area (Å²) in [6.45, 7) is 3.83. The number of carbonyl (C=O) groups excluding carboxylic acids is 1. The molecule has 7 atom stereocenters. The first-order chi connectivity index (χ1) is 44.8. The Kier molecular flexibility index (Phi) is 68.4. The van der Waals surface area contributed by atoms with Gasteiger partial charge >= 0.3 is 0 Å². The Bertz CT molecular complexity index is 1540. The molecular weight excluding hydrogens is 1130 g/mol. The SMILES string of the molecule is CCCCCCCCCCCCCCCCCCCCCCC/C=C/CC/C=C/CC/C=C/C(O)C(COC1OC(CO)C(O)C(O)C1O)NC(=O)CCCCCCCCCCCCCCCCCCCCCCCCCCCCCCCCCCCCCCC. The van der Waals surface area contributed by atoms with E-state index in [0.29, 0.717) is 6.42 Å². The average Bonchev–Trinajstić information content (AvgIpc) is 1.51. The van der Waals surface area contributed by atoms with Crippen LogP contribution in [0.3, 0.4) is 0 Å². The maximum atomic E-state index is 13.2. The maximum Gasteiger partial charge on any atom is 0.220 e. The minimum atomic E-state index is -1.58. The van der Waals surface area contributed by atoms with Crippen molar-refractivity contribution >= 4 is 5.91 Å². The lowest BCUT2D eigenvalue weighted by Crippen LogP contribution is -2.60. The molecule has 538 valence electrons. The number of amides is 1. The predicted octanol–water partition coefficient (Wildman–Crippen LogP) is 23.3. The van der Waals surface area contributed by atoms with Crippen LogP contribution in [0.2, 0.25) is 0 Å². The quantitative estimate of drug-likeness (QED) is 0.0261. The highest BCUT2D eigenvalue weighted by Gasteiger charge is 2.44. The van der Waals surface area contributed by atoms with Gasteiger partial charge < -0.3 is 40.3 Å². The number of rotatable bonds is 73. The summed E-state index contributed by atoms with van der Waals surface area (Å²) in [4.78, 5) is 13.2. The molecule has 0 bridgehead atoms. The van der Waals surface area contributed by atoms with Crippen molar-refractivity contribution in [2.24, 2.45) is 0 Å². The summed E-state index contributed by atoms with van der Waals surface area (Å²) in [6.07, 6.45) is 90.3. The number of aliphatic hydroxyl groups excluding tert-OH is 5. The van der Waals surface area contributed by atoms with Crippen LogP contribution in [0.15, 0.2) is 36.5 Å². The molecular formula is C82H157NO8. The minimum Gasteiger partial charge on any atom is -0.394 e. The number of hydrogen-bond donors (Lipinski definition) is 6. The van der Waals surface area contributed by atoms with Crippen LogP contribution >= 0.6 is 0 Å². The summed E-state index contributed by atoms with van der Waals surface area (Å²) in [5, 5.41) is 54.9. The van der Waals surface area contributed by atoms with Crippen molar-refractivity contribution in [3.05, 3.63) is 36.5 Å². The molecule has 9 heteroatoms. The third-order valence-corrected chi connectivity index (χ3v) is 19.7. The van der Waals surface area contributed by atoms with Gasteiger partial charge in [-0.1, -0.05) is 410 Å². The molecule has 0 spiro atoms. The van der Waals surface area contributed by atoms with Gasteiger partial charge in [-0.3, -0.25) is 4.79 Å². The Morgan fingerprint density at radius 1 is 0.363 bits per heavy atom. The Hall–Kier alpha value is -1.59.